The lowest BCUT2D eigenvalue weighted by Crippen LogP contribution is -2.32. The van der Waals surface area contributed by atoms with E-state index in [0.717, 1.165) is 11.3 Å². The number of hydrogen-bond donors (Lipinski definition) is 1. The molecule has 28 heavy (non-hydrogen) atoms. The summed E-state index contributed by atoms with van der Waals surface area (Å²) in [6, 6.07) is 17.0. The monoisotopic (exact) mass is 375 g/mol. The van der Waals surface area contributed by atoms with E-state index < -0.39 is 6.17 Å². The largest absolute Gasteiger partial charge is 0.497 e. The molecular formula is C22H21N3O3. The van der Waals surface area contributed by atoms with Crippen LogP contribution in [0.4, 0.5) is 11.4 Å². The van der Waals surface area contributed by atoms with E-state index in [0.29, 0.717) is 28.4 Å². The van der Waals surface area contributed by atoms with E-state index in [4.69, 9.17) is 9.47 Å². The lowest BCUT2D eigenvalue weighted by Gasteiger charge is -2.28. The lowest BCUT2D eigenvalue weighted by molar-refractivity contribution is 0.0992. The van der Waals surface area contributed by atoms with Crippen molar-refractivity contribution in [3.05, 3.63) is 77.6 Å². The number of carbonyl (C=O) groups excluding carboxylic acids is 1. The molecule has 0 radical (unpaired) electrons. The smallest absolute Gasteiger partial charge is 0.262 e. The van der Waals surface area contributed by atoms with Gasteiger partial charge in [-0.2, -0.15) is 0 Å². The molecule has 1 aliphatic rings. The molecule has 0 saturated heterocycles. The molecule has 1 aromatic heterocycles. The van der Waals surface area contributed by atoms with Gasteiger partial charge in [-0.25, -0.2) is 0 Å². The zero-order chi connectivity index (χ0) is 19.7. The number of ether oxygens (including phenoxy) is 2. The lowest BCUT2D eigenvalue weighted by atomic mass is 10.2. The van der Waals surface area contributed by atoms with Gasteiger partial charge in [-0.3, -0.25) is 14.7 Å². The van der Waals surface area contributed by atoms with Crippen LogP contribution in [0.25, 0.3) is 0 Å². The molecule has 1 aliphatic heterocycles. The van der Waals surface area contributed by atoms with Crippen molar-refractivity contribution in [1.82, 2.24) is 4.98 Å². The minimum absolute atomic E-state index is 0.139. The molecule has 0 spiro atoms. The molecule has 0 bridgehead atoms. The van der Waals surface area contributed by atoms with Crippen LogP contribution < -0.4 is 19.7 Å². The predicted octanol–water partition coefficient (Wildman–Crippen LogP) is 4.18. The van der Waals surface area contributed by atoms with E-state index >= 15 is 0 Å². The van der Waals surface area contributed by atoms with Gasteiger partial charge in [0.1, 0.15) is 11.5 Å². The van der Waals surface area contributed by atoms with Gasteiger partial charge >= 0.3 is 0 Å². The van der Waals surface area contributed by atoms with Crippen LogP contribution in [-0.4, -0.2) is 25.1 Å². The van der Waals surface area contributed by atoms with Gasteiger partial charge in [-0.15, -0.1) is 0 Å². The molecule has 2 aromatic carbocycles. The maximum atomic E-state index is 13.3. The second kappa shape index (κ2) is 7.23. The Morgan fingerprint density at radius 1 is 1.04 bits per heavy atom. The van der Waals surface area contributed by atoms with Crippen molar-refractivity contribution in [1.29, 1.82) is 0 Å². The quantitative estimate of drug-likeness (QED) is 0.725. The van der Waals surface area contributed by atoms with Crippen molar-refractivity contribution in [3.8, 4) is 11.5 Å². The van der Waals surface area contributed by atoms with Crippen LogP contribution in [0.2, 0.25) is 0 Å². The van der Waals surface area contributed by atoms with Crippen LogP contribution >= 0.6 is 0 Å². The van der Waals surface area contributed by atoms with Gasteiger partial charge in [-0.05, 0) is 48.9 Å². The fraction of sp³-hybridized carbons (Fsp3) is 0.182. The first-order chi connectivity index (χ1) is 13.6. The highest BCUT2D eigenvalue weighted by atomic mass is 16.5. The number of hydrogen-bond acceptors (Lipinski definition) is 5. The summed E-state index contributed by atoms with van der Waals surface area (Å²) in [5.74, 6) is 1.08. The van der Waals surface area contributed by atoms with Crippen LogP contribution in [-0.2, 0) is 0 Å². The van der Waals surface area contributed by atoms with Crippen LogP contribution in [0.5, 0.6) is 11.5 Å². The van der Waals surface area contributed by atoms with Crippen LogP contribution in [0.3, 0.4) is 0 Å². The first-order valence-electron chi connectivity index (χ1n) is 8.96. The number of nitrogens with one attached hydrogen (secondary N) is 1. The average molecular weight is 375 g/mol. The molecule has 6 heteroatoms. The second-order valence-corrected chi connectivity index (χ2v) is 6.57. The fourth-order valence-electron chi connectivity index (χ4n) is 3.44. The fourth-order valence-corrected chi connectivity index (χ4v) is 3.44. The standard InChI is InChI=1S/C22H21N3O3/c1-14-6-4-7-15(12-14)24-21-20-17(8-5-11-23-20)22(26)25(21)18-13-16(27-2)9-10-19(18)28-3/h4-13,21,24H,1-3H3. The third-order valence-electron chi connectivity index (χ3n) is 4.77. The van der Waals surface area contributed by atoms with Crippen molar-refractivity contribution in [2.24, 2.45) is 0 Å². The highest BCUT2D eigenvalue weighted by molar-refractivity contribution is 6.11. The zero-order valence-electron chi connectivity index (χ0n) is 16.0. The van der Waals surface area contributed by atoms with Crippen molar-refractivity contribution < 1.29 is 14.3 Å². The molecule has 6 nitrogen and oxygen atoms in total. The third kappa shape index (κ3) is 3.03. The number of fused-ring (bicyclic) bond motifs is 1. The molecule has 1 amide bonds. The van der Waals surface area contributed by atoms with E-state index in [1.807, 2.05) is 31.2 Å². The first kappa shape index (κ1) is 17.9. The summed E-state index contributed by atoms with van der Waals surface area (Å²) in [5, 5.41) is 3.45. The summed E-state index contributed by atoms with van der Waals surface area (Å²) < 4.78 is 10.9. The predicted molar refractivity (Wildman–Crippen MR) is 108 cm³/mol. The van der Waals surface area contributed by atoms with Crippen LogP contribution in [0.1, 0.15) is 27.8 Å². The molecule has 0 saturated carbocycles. The Morgan fingerprint density at radius 3 is 2.64 bits per heavy atom. The minimum atomic E-state index is -0.466. The number of nitrogens with zero attached hydrogens (tertiary/aromatic N) is 2. The highest BCUT2D eigenvalue weighted by Gasteiger charge is 2.40. The number of rotatable bonds is 5. The number of anilines is 2. The van der Waals surface area contributed by atoms with E-state index in [9.17, 15) is 4.79 Å². The molecular weight excluding hydrogens is 354 g/mol. The van der Waals surface area contributed by atoms with Gasteiger partial charge in [0.25, 0.3) is 5.91 Å². The van der Waals surface area contributed by atoms with Gasteiger partial charge in [0.05, 0.1) is 31.2 Å². The van der Waals surface area contributed by atoms with Crippen molar-refractivity contribution in [2.45, 2.75) is 13.1 Å². The number of methoxy groups -OCH3 is 2. The Morgan fingerprint density at radius 2 is 1.89 bits per heavy atom. The summed E-state index contributed by atoms with van der Waals surface area (Å²) in [6.07, 6.45) is 1.23. The molecule has 1 unspecified atom stereocenters. The number of aromatic nitrogens is 1. The van der Waals surface area contributed by atoms with Crippen molar-refractivity contribution in [3.63, 3.8) is 0 Å². The van der Waals surface area contributed by atoms with Gasteiger partial charge < -0.3 is 14.8 Å². The topological polar surface area (TPSA) is 63.7 Å². The Hall–Kier alpha value is -3.54. The summed E-state index contributed by atoms with van der Waals surface area (Å²) >= 11 is 0. The van der Waals surface area contributed by atoms with E-state index in [-0.39, 0.29) is 5.91 Å². The van der Waals surface area contributed by atoms with Crippen LogP contribution in [0.15, 0.2) is 60.8 Å². The van der Waals surface area contributed by atoms with Gasteiger partial charge in [-0.1, -0.05) is 12.1 Å². The highest BCUT2D eigenvalue weighted by Crippen LogP contribution is 2.42. The Kier molecular flexibility index (Phi) is 4.61. The maximum absolute atomic E-state index is 13.3. The normalized spacial score (nSPS) is 15.3. The Labute approximate surface area is 163 Å². The van der Waals surface area contributed by atoms with Crippen LogP contribution in [0, 0.1) is 6.92 Å². The number of pyridine rings is 1. The third-order valence-corrected chi connectivity index (χ3v) is 4.77. The summed E-state index contributed by atoms with van der Waals surface area (Å²) in [6.45, 7) is 2.03. The molecule has 0 aliphatic carbocycles. The Bertz CT molecular complexity index is 1040. The number of carbonyl (C=O) groups is 1. The summed E-state index contributed by atoms with van der Waals surface area (Å²) in [5.41, 5.74) is 3.90. The molecule has 1 atom stereocenters. The average Bonchev–Trinajstić information content (AvgIpc) is 2.99. The van der Waals surface area contributed by atoms with Gasteiger partial charge in [0.2, 0.25) is 0 Å². The zero-order valence-corrected chi connectivity index (χ0v) is 16.0. The van der Waals surface area contributed by atoms with E-state index in [1.54, 1.807) is 55.6 Å². The van der Waals surface area contributed by atoms with Gasteiger partial charge in [0.15, 0.2) is 6.17 Å². The maximum Gasteiger partial charge on any atom is 0.262 e. The summed E-state index contributed by atoms with van der Waals surface area (Å²) in [7, 11) is 3.18. The molecule has 3 aromatic rings. The number of amides is 1. The van der Waals surface area contributed by atoms with E-state index in [2.05, 4.69) is 10.3 Å². The van der Waals surface area contributed by atoms with Crippen molar-refractivity contribution >= 4 is 17.3 Å². The molecule has 4 rings (SSSR count). The molecule has 0 fully saturated rings. The Balaban J connectivity index is 1.84. The molecule has 1 N–H and O–H groups in total. The van der Waals surface area contributed by atoms with E-state index in [1.165, 1.54) is 0 Å². The number of aryl methyl sites for hydroxylation is 1. The first-order valence-corrected chi connectivity index (χ1v) is 8.96. The second-order valence-electron chi connectivity index (χ2n) is 6.57. The number of benzene rings is 2. The summed E-state index contributed by atoms with van der Waals surface area (Å²) in [4.78, 5) is 19.4. The van der Waals surface area contributed by atoms with Gasteiger partial charge in [0, 0.05) is 18.0 Å². The molecule has 142 valence electrons. The molecule has 2 heterocycles. The minimum Gasteiger partial charge on any atom is -0.497 e. The van der Waals surface area contributed by atoms with Crippen molar-refractivity contribution in [2.75, 3.05) is 24.4 Å². The SMILES string of the molecule is COc1ccc(OC)c(N2C(=O)c3cccnc3C2Nc2cccc(C)c2)c1.